The molecule has 18 heavy (non-hydrogen) atoms. The molecule has 4 heterocycles. The summed E-state index contributed by atoms with van der Waals surface area (Å²) in [4.78, 5) is 14.5. The molecule has 0 unspecified atom stereocenters. The first-order chi connectivity index (χ1) is 8.76. The van der Waals surface area contributed by atoms with E-state index in [4.69, 9.17) is 4.42 Å². The van der Waals surface area contributed by atoms with Gasteiger partial charge in [0.25, 0.3) is 5.91 Å². The average Bonchev–Trinajstić information content (AvgIpc) is 2.91. The largest absolute Gasteiger partial charge is 0.467 e. The van der Waals surface area contributed by atoms with Crippen molar-refractivity contribution in [1.29, 1.82) is 0 Å². The van der Waals surface area contributed by atoms with Crippen LogP contribution >= 0.6 is 0 Å². The number of piperazine rings is 3. The normalized spacial score (nSPS) is 30.3. The van der Waals surface area contributed by atoms with E-state index in [1.54, 1.807) is 6.26 Å². The summed E-state index contributed by atoms with van der Waals surface area (Å²) >= 11 is 0. The molecule has 0 aromatic carbocycles. The monoisotopic (exact) mass is 250 g/mol. The number of quaternary nitrogens is 1. The molecular weight excluding hydrogens is 230 g/mol. The molecule has 1 aromatic rings. The summed E-state index contributed by atoms with van der Waals surface area (Å²) in [5, 5.41) is 2.95. The Kier molecular flexibility index (Phi) is 3.09. The minimum absolute atomic E-state index is 0.141. The quantitative estimate of drug-likeness (QED) is 0.768. The van der Waals surface area contributed by atoms with Gasteiger partial charge in [-0.1, -0.05) is 0 Å². The van der Waals surface area contributed by atoms with E-state index in [9.17, 15) is 4.79 Å². The second-order valence-electron chi connectivity index (χ2n) is 5.37. The number of nitrogens with zero attached hydrogens (tertiary/aromatic N) is 2. The van der Waals surface area contributed by atoms with Crippen LogP contribution < -0.4 is 5.32 Å². The SMILES string of the molecule is O=C(C[N+]12CCN(CC1)CC2)NCc1ccco1. The Morgan fingerprint density at radius 2 is 2.06 bits per heavy atom. The predicted molar refractivity (Wildman–Crippen MR) is 66.7 cm³/mol. The molecule has 3 fully saturated rings. The molecule has 3 saturated heterocycles. The molecule has 0 aliphatic carbocycles. The fourth-order valence-electron chi connectivity index (χ4n) is 2.93. The lowest BCUT2D eigenvalue weighted by Gasteiger charge is -2.50. The zero-order chi connectivity index (χ0) is 12.4. The molecule has 5 heteroatoms. The van der Waals surface area contributed by atoms with Crippen molar-refractivity contribution in [2.75, 3.05) is 45.8 Å². The molecule has 0 spiro atoms. The van der Waals surface area contributed by atoms with Crippen molar-refractivity contribution in [3.63, 3.8) is 0 Å². The van der Waals surface area contributed by atoms with Crippen molar-refractivity contribution in [1.82, 2.24) is 10.2 Å². The third kappa shape index (κ3) is 2.42. The van der Waals surface area contributed by atoms with Crippen LogP contribution in [0.15, 0.2) is 22.8 Å². The zero-order valence-electron chi connectivity index (χ0n) is 10.6. The van der Waals surface area contributed by atoms with E-state index in [0.29, 0.717) is 13.1 Å². The number of carbonyl (C=O) groups excluding carboxylic acids is 1. The van der Waals surface area contributed by atoms with Gasteiger partial charge in [-0.2, -0.15) is 0 Å². The summed E-state index contributed by atoms with van der Waals surface area (Å²) in [6, 6.07) is 3.72. The number of furan rings is 1. The first kappa shape index (κ1) is 11.7. The summed E-state index contributed by atoms with van der Waals surface area (Å²) in [7, 11) is 0. The van der Waals surface area contributed by atoms with Gasteiger partial charge in [-0.15, -0.1) is 0 Å². The minimum atomic E-state index is 0.141. The molecule has 0 atom stereocenters. The molecule has 5 nitrogen and oxygen atoms in total. The van der Waals surface area contributed by atoms with E-state index in [1.807, 2.05) is 12.1 Å². The van der Waals surface area contributed by atoms with Gasteiger partial charge in [-0.05, 0) is 12.1 Å². The van der Waals surface area contributed by atoms with Gasteiger partial charge in [0.05, 0.1) is 32.4 Å². The second-order valence-corrected chi connectivity index (χ2v) is 5.37. The molecule has 2 bridgehead atoms. The number of rotatable bonds is 4. The standard InChI is InChI=1S/C13H19N3O2/c17-13(14-10-12-2-1-9-18-12)11-16-6-3-15(4-7-16)5-8-16/h1-2,9H,3-8,10-11H2/p+1. The van der Waals surface area contributed by atoms with E-state index in [2.05, 4.69) is 10.2 Å². The fraction of sp³-hybridized carbons (Fsp3) is 0.615. The second kappa shape index (κ2) is 4.74. The third-order valence-electron chi connectivity index (χ3n) is 4.19. The van der Waals surface area contributed by atoms with Crippen molar-refractivity contribution < 1.29 is 13.7 Å². The van der Waals surface area contributed by atoms with Crippen LogP contribution in [0.25, 0.3) is 0 Å². The van der Waals surface area contributed by atoms with E-state index in [-0.39, 0.29) is 5.91 Å². The first-order valence-corrected chi connectivity index (χ1v) is 6.62. The van der Waals surface area contributed by atoms with Crippen LogP contribution in [-0.2, 0) is 11.3 Å². The Morgan fingerprint density at radius 1 is 1.33 bits per heavy atom. The van der Waals surface area contributed by atoms with Crippen LogP contribution in [-0.4, -0.2) is 61.1 Å². The highest BCUT2D eigenvalue weighted by Crippen LogP contribution is 2.18. The predicted octanol–water partition coefficient (Wildman–Crippen LogP) is 0.0418. The molecule has 1 N–H and O–H groups in total. The lowest BCUT2D eigenvalue weighted by Crippen LogP contribution is -2.69. The van der Waals surface area contributed by atoms with Crippen LogP contribution in [0.5, 0.6) is 0 Å². The maximum Gasteiger partial charge on any atom is 0.275 e. The summed E-state index contributed by atoms with van der Waals surface area (Å²) in [6.07, 6.45) is 1.63. The number of hydrogen-bond donors (Lipinski definition) is 1. The van der Waals surface area contributed by atoms with Crippen LogP contribution in [0.4, 0.5) is 0 Å². The van der Waals surface area contributed by atoms with Crippen molar-refractivity contribution in [2.45, 2.75) is 6.54 Å². The first-order valence-electron chi connectivity index (χ1n) is 6.62. The van der Waals surface area contributed by atoms with Crippen molar-refractivity contribution >= 4 is 5.91 Å². The van der Waals surface area contributed by atoms with Crippen LogP contribution in [0.1, 0.15) is 5.76 Å². The summed E-state index contributed by atoms with van der Waals surface area (Å²) in [5.41, 5.74) is 0. The van der Waals surface area contributed by atoms with E-state index in [1.165, 1.54) is 0 Å². The Bertz CT molecular complexity index is 394. The van der Waals surface area contributed by atoms with Gasteiger partial charge in [-0.25, -0.2) is 0 Å². The molecule has 1 aromatic heterocycles. The summed E-state index contributed by atoms with van der Waals surface area (Å²) < 4.78 is 6.18. The number of amides is 1. The fourth-order valence-corrected chi connectivity index (χ4v) is 2.93. The topological polar surface area (TPSA) is 45.5 Å². The Hall–Kier alpha value is -1.33. The van der Waals surface area contributed by atoms with E-state index in [0.717, 1.165) is 49.5 Å². The van der Waals surface area contributed by atoms with Gasteiger partial charge >= 0.3 is 0 Å². The molecule has 3 aliphatic rings. The number of nitrogens with one attached hydrogen (secondary N) is 1. The lowest BCUT2D eigenvalue weighted by atomic mass is 10.1. The molecule has 3 aliphatic heterocycles. The van der Waals surface area contributed by atoms with Gasteiger partial charge in [0.15, 0.2) is 6.54 Å². The summed E-state index contributed by atoms with van der Waals surface area (Å²) in [5.74, 6) is 0.952. The smallest absolute Gasteiger partial charge is 0.275 e. The highest BCUT2D eigenvalue weighted by molar-refractivity contribution is 5.77. The Balaban J connectivity index is 1.51. The number of fused-ring (bicyclic) bond motifs is 3. The van der Waals surface area contributed by atoms with Gasteiger partial charge in [0.1, 0.15) is 5.76 Å². The van der Waals surface area contributed by atoms with Crippen LogP contribution in [0.3, 0.4) is 0 Å². The third-order valence-corrected chi connectivity index (χ3v) is 4.19. The Morgan fingerprint density at radius 3 is 2.67 bits per heavy atom. The number of hydrogen-bond acceptors (Lipinski definition) is 3. The highest BCUT2D eigenvalue weighted by atomic mass is 16.3. The Labute approximate surface area is 107 Å². The highest BCUT2D eigenvalue weighted by Gasteiger charge is 2.39. The van der Waals surface area contributed by atoms with Crippen LogP contribution in [0.2, 0.25) is 0 Å². The van der Waals surface area contributed by atoms with Gasteiger partial charge in [-0.3, -0.25) is 9.69 Å². The molecular formula is C13H20N3O2+. The molecule has 1 amide bonds. The van der Waals surface area contributed by atoms with Gasteiger partial charge in [0.2, 0.25) is 0 Å². The van der Waals surface area contributed by atoms with Crippen molar-refractivity contribution in [3.05, 3.63) is 24.2 Å². The van der Waals surface area contributed by atoms with E-state index < -0.39 is 0 Å². The van der Waals surface area contributed by atoms with Crippen molar-refractivity contribution in [2.24, 2.45) is 0 Å². The average molecular weight is 250 g/mol. The number of carbonyl (C=O) groups is 1. The van der Waals surface area contributed by atoms with Gasteiger partial charge in [0, 0.05) is 19.6 Å². The van der Waals surface area contributed by atoms with Gasteiger partial charge < -0.3 is 14.2 Å². The molecule has 98 valence electrons. The molecule has 4 rings (SSSR count). The maximum atomic E-state index is 12.0. The van der Waals surface area contributed by atoms with E-state index >= 15 is 0 Å². The molecule has 0 saturated carbocycles. The lowest BCUT2D eigenvalue weighted by molar-refractivity contribution is -0.933. The van der Waals surface area contributed by atoms with Crippen molar-refractivity contribution in [3.8, 4) is 0 Å². The van der Waals surface area contributed by atoms with Crippen LogP contribution in [0, 0.1) is 0 Å². The zero-order valence-corrected chi connectivity index (χ0v) is 10.6. The molecule has 0 radical (unpaired) electrons. The minimum Gasteiger partial charge on any atom is -0.467 e. The maximum absolute atomic E-state index is 12.0. The summed E-state index contributed by atoms with van der Waals surface area (Å²) in [6.45, 7) is 7.91.